The van der Waals surface area contributed by atoms with Crippen molar-refractivity contribution >= 4 is 27.9 Å². The highest BCUT2D eigenvalue weighted by molar-refractivity contribution is 9.10. The maximum atomic E-state index is 10.7. The first kappa shape index (κ1) is 13.4. The van der Waals surface area contributed by atoms with Crippen LogP contribution in [0.2, 0.25) is 0 Å². The standard InChI is InChI=1S/C15H12BrNO2/c16-13-8-6-11(7-9-15(17)18)10-14(13)19-12-4-2-1-3-5-12/h1-10H,(H2,17,18)/b9-7+. The van der Waals surface area contributed by atoms with Gasteiger partial charge in [0.05, 0.1) is 4.47 Å². The molecule has 2 N–H and O–H groups in total. The number of carbonyl (C=O) groups is 1. The van der Waals surface area contributed by atoms with Gasteiger partial charge >= 0.3 is 0 Å². The van der Waals surface area contributed by atoms with Gasteiger partial charge in [-0.25, -0.2) is 0 Å². The van der Waals surface area contributed by atoms with Crippen molar-refractivity contribution < 1.29 is 9.53 Å². The van der Waals surface area contributed by atoms with Gasteiger partial charge in [-0.1, -0.05) is 24.3 Å². The molecule has 0 radical (unpaired) electrons. The van der Waals surface area contributed by atoms with Crippen LogP contribution in [-0.4, -0.2) is 5.91 Å². The van der Waals surface area contributed by atoms with Gasteiger partial charge in [0, 0.05) is 6.08 Å². The van der Waals surface area contributed by atoms with Gasteiger partial charge in [0.15, 0.2) is 0 Å². The van der Waals surface area contributed by atoms with E-state index in [1.165, 1.54) is 6.08 Å². The molecule has 2 aromatic carbocycles. The minimum atomic E-state index is -0.478. The Hall–Kier alpha value is -2.07. The van der Waals surface area contributed by atoms with Crippen LogP contribution in [0.4, 0.5) is 0 Å². The Bertz CT molecular complexity index is 609. The number of ether oxygens (including phenoxy) is 1. The van der Waals surface area contributed by atoms with E-state index in [2.05, 4.69) is 15.9 Å². The summed E-state index contributed by atoms with van der Waals surface area (Å²) in [6.07, 6.45) is 2.96. The van der Waals surface area contributed by atoms with Crippen molar-refractivity contribution in [2.45, 2.75) is 0 Å². The third kappa shape index (κ3) is 3.96. The number of amides is 1. The molecule has 0 aliphatic rings. The fraction of sp³-hybridized carbons (Fsp3) is 0. The smallest absolute Gasteiger partial charge is 0.241 e. The Morgan fingerprint density at radius 2 is 1.89 bits per heavy atom. The van der Waals surface area contributed by atoms with Crippen LogP contribution in [0.1, 0.15) is 5.56 Å². The summed E-state index contributed by atoms with van der Waals surface area (Å²) in [7, 11) is 0. The summed E-state index contributed by atoms with van der Waals surface area (Å²) in [5, 5.41) is 0. The normalized spacial score (nSPS) is 10.6. The average molecular weight is 318 g/mol. The zero-order chi connectivity index (χ0) is 13.7. The van der Waals surface area contributed by atoms with E-state index in [0.717, 1.165) is 15.8 Å². The lowest BCUT2D eigenvalue weighted by atomic mass is 10.2. The Morgan fingerprint density at radius 3 is 2.58 bits per heavy atom. The molecule has 0 fully saturated rings. The molecule has 0 aliphatic heterocycles. The van der Waals surface area contributed by atoms with E-state index >= 15 is 0 Å². The molecular weight excluding hydrogens is 306 g/mol. The Morgan fingerprint density at radius 1 is 1.16 bits per heavy atom. The lowest BCUT2D eigenvalue weighted by molar-refractivity contribution is -0.113. The van der Waals surface area contributed by atoms with Crippen molar-refractivity contribution in [3.63, 3.8) is 0 Å². The van der Waals surface area contributed by atoms with Crippen LogP contribution in [0.3, 0.4) is 0 Å². The number of primary amides is 1. The molecule has 0 unspecified atom stereocenters. The Balaban J connectivity index is 2.25. The van der Waals surface area contributed by atoms with E-state index in [1.807, 2.05) is 48.5 Å². The highest BCUT2D eigenvalue weighted by Gasteiger charge is 2.03. The number of benzene rings is 2. The zero-order valence-electron chi connectivity index (χ0n) is 10.0. The lowest BCUT2D eigenvalue weighted by Crippen LogP contribution is -2.05. The summed E-state index contributed by atoms with van der Waals surface area (Å²) in [4.78, 5) is 10.7. The maximum absolute atomic E-state index is 10.7. The average Bonchev–Trinajstić information content (AvgIpc) is 2.41. The van der Waals surface area contributed by atoms with E-state index in [-0.39, 0.29) is 0 Å². The highest BCUT2D eigenvalue weighted by Crippen LogP contribution is 2.30. The number of hydrogen-bond donors (Lipinski definition) is 1. The van der Waals surface area contributed by atoms with Gasteiger partial charge in [0.25, 0.3) is 0 Å². The molecule has 2 aromatic rings. The van der Waals surface area contributed by atoms with E-state index in [9.17, 15) is 4.79 Å². The molecular formula is C15H12BrNO2. The highest BCUT2D eigenvalue weighted by atomic mass is 79.9. The molecule has 3 nitrogen and oxygen atoms in total. The minimum absolute atomic E-state index is 0.478. The molecule has 96 valence electrons. The Kier molecular flexibility index (Phi) is 4.36. The first-order valence-corrected chi connectivity index (χ1v) is 6.44. The Labute approximate surface area is 119 Å². The predicted octanol–water partition coefficient (Wildman–Crippen LogP) is 3.74. The van der Waals surface area contributed by atoms with Crippen molar-refractivity contribution in [2.24, 2.45) is 5.73 Å². The maximum Gasteiger partial charge on any atom is 0.241 e. The molecule has 0 saturated heterocycles. The van der Waals surface area contributed by atoms with Crippen LogP contribution in [0.15, 0.2) is 59.1 Å². The topological polar surface area (TPSA) is 52.3 Å². The lowest BCUT2D eigenvalue weighted by Gasteiger charge is -2.08. The predicted molar refractivity (Wildman–Crippen MR) is 78.9 cm³/mol. The van der Waals surface area contributed by atoms with Crippen LogP contribution in [0, 0.1) is 0 Å². The molecule has 19 heavy (non-hydrogen) atoms. The monoisotopic (exact) mass is 317 g/mol. The third-order valence-corrected chi connectivity index (χ3v) is 3.02. The number of rotatable bonds is 4. The van der Waals surface area contributed by atoms with E-state index in [4.69, 9.17) is 10.5 Å². The molecule has 0 bridgehead atoms. The number of hydrogen-bond acceptors (Lipinski definition) is 2. The summed E-state index contributed by atoms with van der Waals surface area (Å²) in [6.45, 7) is 0. The van der Waals surface area contributed by atoms with Gasteiger partial charge in [-0.15, -0.1) is 0 Å². The number of halogens is 1. The van der Waals surface area contributed by atoms with Crippen LogP contribution in [-0.2, 0) is 4.79 Å². The molecule has 0 heterocycles. The van der Waals surface area contributed by atoms with Gasteiger partial charge in [0.2, 0.25) is 5.91 Å². The fourth-order valence-corrected chi connectivity index (χ4v) is 1.82. The van der Waals surface area contributed by atoms with Crippen molar-refractivity contribution in [3.05, 3.63) is 64.6 Å². The summed E-state index contributed by atoms with van der Waals surface area (Å²) >= 11 is 3.43. The van der Waals surface area contributed by atoms with Crippen molar-refractivity contribution in [1.82, 2.24) is 0 Å². The second-order valence-electron chi connectivity index (χ2n) is 3.84. The van der Waals surface area contributed by atoms with Gasteiger partial charge in [-0.3, -0.25) is 4.79 Å². The molecule has 0 aromatic heterocycles. The summed E-state index contributed by atoms with van der Waals surface area (Å²) < 4.78 is 6.60. The van der Waals surface area contributed by atoms with Gasteiger partial charge in [-0.2, -0.15) is 0 Å². The molecule has 4 heteroatoms. The molecule has 0 atom stereocenters. The van der Waals surface area contributed by atoms with E-state index in [1.54, 1.807) is 6.08 Å². The van der Waals surface area contributed by atoms with E-state index < -0.39 is 5.91 Å². The second-order valence-corrected chi connectivity index (χ2v) is 4.70. The van der Waals surface area contributed by atoms with Crippen LogP contribution >= 0.6 is 15.9 Å². The largest absolute Gasteiger partial charge is 0.456 e. The summed E-state index contributed by atoms with van der Waals surface area (Å²) in [5.74, 6) is 0.950. The van der Waals surface area contributed by atoms with Gasteiger partial charge in [-0.05, 0) is 51.8 Å². The quantitative estimate of drug-likeness (QED) is 0.873. The zero-order valence-corrected chi connectivity index (χ0v) is 11.6. The first-order chi connectivity index (χ1) is 9.15. The number of para-hydroxylation sites is 1. The fourth-order valence-electron chi connectivity index (χ4n) is 1.50. The van der Waals surface area contributed by atoms with Crippen LogP contribution in [0.25, 0.3) is 6.08 Å². The van der Waals surface area contributed by atoms with Gasteiger partial charge < -0.3 is 10.5 Å². The van der Waals surface area contributed by atoms with Crippen molar-refractivity contribution in [2.75, 3.05) is 0 Å². The van der Waals surface area contributed by atoms with Crippen molar-refractivity contribution in [1.29, 1.82) is 0 Å². The van der Waals surface area contributed by atoms with Crippen molar-refractivity contribution in [3.8, 4) is 11.5 Å². The van der Waals surface area contributed by atoms with E-state index in [0.29, 0.717) is 5.75 Å². The molecule has 2 rings (SSSR count). The molecule has 0 saturated carbocycles. The number of nitrogens with two attached hydrogens (primary N) is 1. The second kappa shape index (κ2) is 6.20. The van der Waals surface area contributed by atoms with Crippen LogP contribution in [0.5, 0.6) is 11.5 Å². The molecule has 0 spiro atoms. The number of carbonyl (C=O) groups excluding carboxylic acids is 1. The van der Waals surface area contributed by atoms with Gasteiger partial charge in [0.1, 0.15) is 11.5 Å². The summed E-state index contributed by atoms with van der Waals surface area (Å²) in [6, 6.07) is 15.0. The minimum Gasteiger partial charge on any atom is -0.456 e. The third-order valence-electron chi connectivity index (χ3n) is 2.37. The summed E-state index contributed by atoms with van der Waals surface area (Å²) in [5.41, 5.74) is 5.91. The first-order valence-electron chi connectivity index (χ1n) is 5.65. The molecule has 0 aliphatic carbocycles. The molecule has 1 amide bonds. The van der Waals surface area contributed by atoms with Crippen LogP contribution < -0.4 is 10.5 Å². The SMILES string of the molecule is NC(=O)/C=C/c1ccc(Br)c(Oc2ccccc2)c1.